The van der Waals surface area contributed by atoms with Crippen LogP contribution in [0.1, 0.15) is 38.8 Å². The number of nitrogens with one attached hydrogen (secondary N) is 1. The van der Waals surface area contributed by atoms with Crippen LogP contribution in [0, 0.1) is 0 Å². The highest BCUT2D eigenvalue weighted by Crippen LogP contribution is 2.29. The second kappa shape index (κ2) is 6.57. The van der Waals surface area contributed by atoms with Crippen LogP contribution < -0.4 is 15.8 Å². The minimum atomic E-state index is -0.495. The first-order valence-electron chi connectivity index (χ1n) is 7.74. The summed E-state index contributed by atoms with van der Waals surface area (Å²) in [5, 5.41) is 2.71. The molecule has 0 bridgehead atoms. The monoisotopic (exact) mass is 306 g/mol. The molecule has 5 nitrogen and oxygen atoms in total. The largest absolute Gasteiger partial charge is 0.490 e. The molecule has 1 heterocycles. The summed E-state index contributed by atoms with van der Waals surface area (Å²) in [7, 11) is 0. The first-order chi connectivity index (χ1) is 10.2. The maximum atomic E-state index is 11.6. The van der Waals surface area contributed by atoms with Gasteiger partial charge in [-0.1, -0.05) is 12.1 Å². The number of carbonyl (C=O) groups excluding carboxylic acids is 1. The molecule has 22 heavy (non-hydrogen) atoms. The van der Waals surface area contributed by atoms with Crippen LogP contribution in [0.2, 0.25) is 0 Å². The first kappa shape index (κ1) is 16.6. The quantitative estimate of drug-likeness (QED) is 0.896. The van der Waals surface area contributed by atoms with E-state index in [1.165, 1.54) is 5.56 Å². The third kappa shape index (κ3) is 4.91. The number of ether oxygens (including phenoxy) is 2. The number of benzene rings is 1. The van der Waals surface area contributed by atoms with E-state index in [0.717, 1.165) is 17.7 Å². The highest BCUT2D eigenvalue weighted by atomic mass is 16.6. The lowest BCUT2D eigenvalue weighted by Gasteiger charge is -2.20. The third-order valence-corrected chi connectivity index (χ3v) is 3.37. The lowest BCUT2D eigenvalue weighted by atomic mass is 10.0. The zero-order chi connectivity index (χ0) is 16.3. The van der Waals surface area contributed by atoms with E-state index in [2.05, 4.69) is 18.3 Å². The van der Waals surface area contributed by atoms with E-state index in [0.29, 0.717) is 13.0 Å². The Morgan fingerprint density at radius 1 is 1.50 bits per heavy atom. The molecule has 0 spiro atoms. The normalized spacial score (nSPS) is 18.3. The molecule has 0 radical (unpaired) electrons. The van der Waals surface area contributed by atoms with E-state index in [1.807, 2.05) is 32.9 Å². The molecule has 2 atom stereocenters. The molecule has 2 unspecified atom stereocenters. The Labute approximate surface area is 132 Å². The van der Waals surface area contributed by atoms with Crippen molar-refractivity contribution in [3.8, 4) is 5.75 Å². The molecule has 1 aliphatic heterocycles. The molecule has 0 saturated heterocycles. The summed E-state index contributed by atoms with van der Waals surface area (Å²) >= 11 is 0. The molecular formula is C17H26N2O3. The molecular weight excluding hydrogens is 280 g/mol. The van der Waals surface area contributed by atoms with Gasteiger partial charge in [0.1, 0.15) is 17.5 Å². The molecule has 1 aromatic carbocycles. The summed E-state index contributed by atoms with van der Waals surface area (Å²) < 4.78 is 10.9. The van der Waals surface area contributed by atoms with Crippen LogP contribution in [-0.4, -0.2) is 30.4 Å². The van der Waals surface area contributed by atoms with E-state index in [1.54, 1.807) is 0 Å². The summed E-state index contributed by atoms with van der Waals surface area (Å²) in [4.78, 5) is 11.6. The van der Waals surface area contributed by atoms with Gasteiger partial charge >= 0.3 is 6.09 Å². The Morgan fingerprint density at radius 2 is 2.23 bits per heavy atom. The Hall–Kier alpha value is -1.75. The summed E-state index contributed by atoms with van der Waals surface area (Å²) in [6.07, 6.45) is 1.46. The summed E-state index contributed by atoms with van der Waals surface area (Å²) in [5.41, 5.74) is 7.99. The van der Waals surface area contributed by atoms with Crippen molar-refractivity contribution in [2.24, 2.45) is 5.73 Å². The fourth-order valence-electron chi connectivity index (χ4n) is 2.51. The number of nitrogens with two attached hydrogens (primary N) is 1. The maximum Gasteiger partial charge on any atom is 0.407 e. The third-order valence-electron chi connectivity index (χ3n) is 3.37. The van der Waals surface area contributed by atoms with Crippen LogP contribution >= 0.6 is 0 Å². The van der Waals surface area contributed by atoms with Crippen molar-refractivity contribution in [2.45, 2.75) is 58.3 Å². The lowest BCUT2D eigenvalue weighted by molar-refractivity contribution is 0.0524. The number of carbonyl (C=O) groups is 1. The predicted octanol–water partition coefficient (Wildman–Crippen LogP) is 2.40. The average molecular weight is 306 g/mol. The van der Waals surface area contributed by atoms with E-state index >= 15 is 0 Å². The van der Waals surface area contributed by atoms with Crippen molar-refractivity contribution in [3.05, 3.63) is 29.3 Å². The van der Waals surface area contributed by atoms with E-state index in [4.69, 9.17) is 15.2 Å². The zero-order valence-corrected chi connectivity index (χ0v) is 13.8. The first-order valence-corrected chi connectivity index (χ1v) is 7.74. The van der Waals surface area contributed by atoms with Crippen LogP contribution in [0.3, 0.4) is 0 Å². The number of hydrogen-bond donors (Lipinski definition) is 2. The number of amides is 1. The molecule has 0 fully saturated rings. The SMILES string of the molecule is CC1Cc2cc(CC(N)CNC(=O)OC(C)(C)C)ccc2O1. The van der Waals surface area contributed by atoms with Gasteiger partial charge in [-0.3, -0.25) is 0 Å². The van der Waals surface area contributed by atoms with E-state index in [-0.39, 0.29) is 12.1 Å². The average Bonchev–Trinajstić information content (AvgIpc) is 2.74. The van der Waals surface area contributed by atoms with E-state index in [9.17, 15) is 4.79 Å². The standard InChI is InChI=1S/C17H26N2O3/c1-11-7-13-8-12(5-6-15(13)21-11)9-14(18)10-19-16(20)22-17(2,3)4/h5-6,8,11,14H,7,9-10,18H2,1-4H3,(H,19,20). The van der Waals surface area contributed by atoms with Gasteiger partial charge in [-0.15, -0.1) is 0 Å². The maximum absolute atomic E-state index is 11.6. The van der Waals surface area contributed by atoms with Crippen LogP contribution in [0.4, 0.5) is 4.79 Å². The van der Waals surface area contributed by atoms with Gasteiger partial charge in [-0.25, -0.2) is 4.79 Å². The van der Waals surface area contributed by atoms with Crippen LogP contribution in [0.15, 0.2) is 18.2 Å². The molecule has 1 amide bonds. The van der Waals surface area contributed by atoms with Gasteiger partial charge in [0.25, 0.3) is 0 Å². The van der Waals surface area contributed by atoms with Crippen LogP contribution in [0.5, 0.6) is 5.75 Å². The zero-order valence-electron chi connectivity index (χ0n) is 13.8. The second-order valence-corrected chi connectivity index (χ2v) is 6.92. The Kier molecular flexibility index (Phi) is 4.96. The molecule has 122 valence electrons. The van der Waals surface area contributed by atoms with Gasteiger partial charge < -0.3 is 20.5 Å². The van der Waals surface area contributed by atoms with Crippen LogP contribution in [-0.2, 0) is 17.6 Å². The summed E-state index contributed by atoms with van der Waals surface area (Å²) in [5.74, 6) is 0.969. The van der Waals surface area contributed by atoms with Crippen molar-refractivity contribution in [1.82, 2.24) is 5.32 Å². The Balaban J connectivity index is 1.81. The van der Waals surface area contributed by atoms with Crippen molar-refractivity contribution >= 4 is 6.09 Å². The molecule has 0 aliphatic carbocycles. The minimum absolute atomic E-state index is 0.148. The topological polar surface area (TPSA) is 73.6 Å². The second-order valence-electron chi connectivity index (χ2n) is 6.92. The van der Waals surface area contributed by atoms with Crippen molar-refractivity contribution in [1.29, 1.82) is 0 Å². The molecule has 3 N–H and O–H groups in total. The number of hydrogen-bond acceptors (Lipinski definition) is 4. The lowest BCUT2D eigenvalue weighted by Crippen LogP contribution is -2.41. The van der Waals surface area contributed by atoms with Crippen molar-refractivity contribution in [2.75, 3.05) is 6.54 Å². The number of rotatable bonds is 4. The van der Waals surface area contributed by atoms with Crippen molar-refractivity contribution < 1.29 is 14.3 Å². The van der Waals surface area contributed by atoms with Gasteiger partial charge in [0, 0.05) is 19.0 Å². The fourth-order valence-corrected chi connectivity index (χ4v) is 2.51. The molecule has 0 saturated carbocycles. The Morgan fingerprint density at radius 3 is 2.91 bits per heavy atom. The van der Waals surface area contributed by atoms with Gasteiger partial charge in [0.05, 0.1) is 0 Å². The van der Waals surface area contributed by atoms with Crippen LogP contribution in [0.25, 0.3) is 0 Å². The van der Waals surface area contributed by atoms with Crippen molar-refractivity contribution in [3.63, 3.8) is 0 Å². The van der Waals surface area contributed by atoms with Gasteiger partial charge in [-0.05, 0) is 51.3 Å². The molecule has 1 aliphatic rings. The highest BCUT2D eigenvalue weighted by molar-refractivity contribution is 5.67. The van der Waals surface area contributed by atoms with Gasteiger partial charge in [0.15, 0.2) is 0 Å². The minimum Gasteiger partial charge on any atom is -0.490 e. The summed E-state index contributed by atoms with van der Waals surface area (Å²) in [6.45, 7) is 7.95. The molecule has 1 aromatic rings. The smallest absolute Gasteiger partial charge is 0.407 e. The van der Waals surface area contributed by atoms with Gasteiger partial charge in [-0.2, -0.15) is 0 Å². The predicted molar refractivity (Wildman–Crippen MR) is 86.2 cm³/mol. The van der Waals surface area contributed by atoms with E-state index < -0.39 is 11.7 Å². The Bertz CT molecular complexity index is 537. The van der Waals surface area contributed by atoms with Gasteiger partial charge in [0.2, 0.25) is 0 Å². The number of alkyl carbamates (subject to hydrolysis) is 1. The molecule has 0 aromatic heterocycles. The molecule has 2 rings (SSSR count). The fraction of sp³-hybridized carbons (Fsp3) is 0.588. The molecule has 5 heteroatoms. The summed E-state index contributed by atoms with van der Waals surface area (Å²) in [6, 6.07) is 6.03. The highest BCUT2D eigenvalue weighted by Gasteiger charge is 2.20. The number of fused-ring (bicyclic) bond motifs is 1.